The summed E-state index contributed by atoms with van der Waals surface area (Å²) in [6.45, 7) is 1.55. The minimum atomic E-state index is 0.537. The van der Waals surface area contributed by atoms with Crippen molar-refractivity contribution in [2.45, 2.75) is 6.54 Å². The maximum absolute atomic E-state index is 5.44. The van der Waals surface area contributed by atoms with Gasteiger partial charge in [-0.2, -0.15) is 0 Å². The van der Waals surface area contributed by atoms with Gasteiger partial charge in [-0.1, -0.05) is 12.2 Å². The molecule has 72 valence electrons. The molecule has 0 aliphatic rings. The first-order valence-corrected chi connectivity index (χ1v) is 5.86. The van der Waals surface area contributed by atoms with Gasteiger partial charge in [0, 0.05) is 22.4 Å². The summed E-state index contributed by atoms with van der Waals surface area (Å²) in [5, 5.41) is 2.06. The molecular weight excluding hydrogens is 268 g/mol. The molecule has 13 heavy (non-hydrogen) atoms. The van der Waals surface area contributed by atoms with Crippen LogP contribution in [0.4, 0.5) is 0 Å². The summed E-state index contributed by atoms with van der Waals surface area (Å²) in [5.41, 5.74) is 5.44. The zero-order valence-corrected chi connectivity index (χ0v) is 10.5. The Morgan fingerprint density at radius 2 is 2.46 bits per heavy atom. The van der Waals surface area contributed by atoms with Crippen molar-refractivity contribution in [1.82, 2.24) is 4.90 Å². The molecule has 5 heteroatoms. The Morgan fingerprint density at radius 3 is 2.92 bits per heavy atom. The van der Waals surface area contributed by atoms with Crippen LogP contribution in [0.3, 0.4) is 0 Å². The predicted molar refractivity (Wildman–Crippen MR) is 65.1 cm³/mol. The highest BCUT2D eigenvalue weighted by Gasteiger charge is 2.05. The average molecular weight is 279 g/mol. The van der Waals surface area contributed by atoms with Crippen LogP contribution >= 0.6 is 39.5 Å². The minimum Gasteiger partial charge on any atom is -0.392 e. The van der Waals surface area contributed by atoms with Crippen molar-refractivity contribution >= 4 is 44.5 Å². The molecule has 1 aromatic rings. The van der Waals surface area contributed by atoms with E-state index in [1.807, 2.05) is 7.05 Å². The van der Waals surface area contributed by atoms with E-state index in [-0.39, 0.29) is 0 Å². The summed E-state index contributed by atoms with van der Waals surface area (Å²) < 4.78 is 1.16. The number of halogens is 1. The van der Waals surface area contributed by atoms with Gasteiger partial charge in [-0.25, -0.2) is 0 Å². The van der Waals surface area contributed by atoms with Crippen molar-refractivity contribution in [3.05, 3.63) is 20.8 Å². The molecule has 0 saturated carbocycles. The van der Waals surface area contributed by atoms with Crippen molar-refractivity contribution in [2.75, 3.05) is 13.6 Å². The van der Waals surface area contributed by atoms with E-state index in [0.29, 0.717) is 11.5 Å². The van der Waals surface area contributed by atoms with Crippen LogP contribution in [0.5, 0.6) is 0 Å². The Morgan fingerprint density at radius 1 is 1.77 bits per heavy atom. The van der Waals surface area contributed by atoms with Gasteiger partial charge in [-0.15, -0.1) is 11.3 Å². The SMILES string of the molecule is CN(CC(N)=S)Cc1sccc1Br. The molecule has 1 rings (SSSR count). The second kappa shape index (κ2) is 5.05. The number of likely N-dealkylation sites (N-methyl/N-ethyl adjacent to an activating group) is 1. The van der Waals surface area contributed by atoms with E-state index < -0.39 is 0 Å². The van der Waals surface area contributed by atoms with Crippen molar-refractivity contribution in [1.29, 1.82) is 0 Å². The second-order valence-corrected chi connectivity index (χ2v) is 5.21. The van der Waals surface area contributed by atoms with Crippen LogP contribution in [-0.2, 0) is 6.54 Å². The van der Waals surface area contributed by atoms with Crippen LogP contribution in [0.25, 0.3) is 0 Å². The molecule has 1 heterocycles. The molecule has 0 aliphatic carbocycles. The molecule has 0 fully saturated rings. The van der Waals surface area contributed by atoms with Crippen molar-refractivity contribution in [2.24, 2.45) is 5.73 Å². The minimum absolute atomic E-state index is 0.537. The third-order valence-electron chi connectivity index (χ3n) is 1.53. The van der Waals surface area contributed by atoms with Gasteiger partial charge in [0.15, 0.2) is 0 Å². The summed E-state index contributed by atoms with van der Waals surface area (Å²) >= 11 is 10.0. The lowest BCUT2D eigenvalue weighted by molar-refractivity contribution is 0.377. The zero-order chi connectivity index (χ0) is 9.84. The average Bonchev–Trinajstić information content (AvgIpc) is 2.34. The van der Waals surface area contributed by atoms with Crippen LogP contribution < -0.4 is 5.73 Å². The molecule has 0 unspecified atom stereocenters. The van der Waals surface area contributed by atoms with E-state index in [0.717, 1.165) is 11.0 Å². The van der Waals surface area contributed by atoms with Crippen molar-refractivity contribution < 1.29 is 0 Å². The van der Waals surface area contributed by atoms with E-state index in [1.165, 1.54) is 4.88 Å². The molecule has 0 aliphatic heterocycles. The topological polar surface area (TPSA) is 29.3 Å². The standard InChI is InChI=1S/C8H11BrN2S2/c1-11(5-8(10)12)4-7-6(9)2-3-13-7/h2-3H,4-5H2,1H3,(H2,10,12). The Labute approximate surface area is 95.9 Å². The molecule has 2 N–H and O–H groups in total. The lowest BCUT2D eigenvalue weighted by Gasteiger charge is -2.14. The van der Waals surface area contributed by atoms with Crippen molar-refractivity contribution in [3.8, 4) is 0 Å². The number of nitrogens with two attached hydrogens (primary N) is 1. The third-order valence-corrected chi connectivity index (χ3v) is 3.57. The van der Waals surface area contributed by atoms with Gasteiger partial charge in [0.2, 0.25) is 0 Å². The summed E-state index contributed by atoms with van der Waals surface area (Å²) in [7, 11) is 2.01. The Balaban J connectivity index is 2.49. The van der Waals surface area contributed by atoms with Crippen LogP contribution in [0, 0.1) is 0 Å². The molecule has 0 bridgehead atoms. The summed E-state index contributed by atoms with van der Waals surface area (Å²) in [5.74, 6) is 0. The van der Waals surface area contributed by atoms with Gasteiger partial charge in [0.25, 0.3) is 0 Å². The number of nitrogens with zero attached hydrogens (tertiary/aromatic N) is 1. The van der Waals surface area contributed by atoms with Crippen LogP contribution in [0.1, 0.15) is 4.88 Å². The van der Waals surface area contributed by atoms with E-state index in [2.05, 4.69) is 32.3 Å². The molecule has 0 saturated heterocycles. The predicted octanol–water partition coefficient (Wildman–Crippen LogP) is 2.23. The monoisotopic (exact) mass is 278 g/mol. The Bertz CT molecular complexity index is 298. The fourth-order valence-electron chi connectivity index (χ4n) is 1.01. The lowest BCUT2D eigenvalue weighted by atomic mass is 10.4. The summed E-state index contributed by atoms with van der Waals surface area (Å²) in [6.07, 6.45) is 0. The maximum Gasteiger partial charge on any atom is 0.0870 e. The summed E-state index contributed by atoms with van der Waals surface area (Å²) in [6, 6.07) is 2.05. The summed E-state index contributed by atoms with van der Waals surface area (Å²) in [4.78, 5) is 3.94. The number of thiophene rings is 1. The number of hydrogen-bond acceptors (Lipinski definition) is 3. The van der Waals surface area contributed by atoms with E-state index in [4.69, 9.17) is 18.0 Å². The fourth-order valence-corrected chi connectivity index (χ4v) is 2.78. The first-order chi connectivity index (χ1) is 6.09. The van der Waals surface area contributed by atoms with Crippen molar-refractivity contribution in [3.63, 3.8) is 0 Å². The highest BCUT2D eigenvalue weighted by molar-refractivity contribution is 9.10. The van der Waals surface area contributed by atoms with E-state index >= 15 is 0 Å². The zero-order valence-electron chi connectivity index (χ0n) is 7.29. The maximum atomic E-state index is 5.44. The third kappa shape index (κ3) is 3.72. The van der Waals surface area contributed by atoms with Crippen LogP contribution in [0.2, 0.25) is 0 Å². The van der Waals surface area contributed by atoms with Gasteiger partial charge < -0.3 is 5.73 Å². The van der Waals surface area contributed by atoms with Crippen LogP contribution in [-0.4, -0.2) is 23.5 Å². The highest BCUT2D eigenvalue weighted by atomic mass is 79.9. The second-order valence-electron chi connectivity index (χ2n) is 2.83. The molecule has 0 aromatic carbocycles. The first-order valence-electron chi connectivity index (χ1n) is 3.78. The molecule has 0 spiro atoms. The molecular formula is C8H11BrN2S2. The highest BCUT2D eigenvalue weighted by Crippen LogP contribution is 2.23. The normalized spacial score (nSPS) is 10.7. The number of hydrogen-bond donors (Lipinski definition) is 1. The lowest BCUT2D eigenvalue weighted by Crippen LogP contribution is -2.28. The molecule has 2 nitrogen and oxygen atoms in total. The fraction of sp³-hybridized carbons (Fsp3) is 0.375. The number of rotatable bonds is 4. The van der Waals surface area contributed by atoms with E-state index in [1.54, 1.807) is 11.3 Å². The van der Waals surface area contributed by atoms with Gasteiger partial charge in [-0.3, -0.25) is 4.90 Å². The van der Waals surface area contributed by atoms with E-state index in [9.17, 15) is 0 Å². The molecule has 0 atom stereocenters. The van der Waals surface area contributed by atoms with Gasteiger partial charge >= 0.3 is 0 Å². The first kappa shape index (κ1) is 11.1. The Hall–Kier alpha value is 0.0300. The van der Waals surface area contributed by atoms with Gasteiger partial charge in [0.1, 0.15) is 0 Å². The molecule has 0 radical (unpaired) electrons. The molecule has 1 aromatic heterocycles. The van der Waals surface area contributed by atoms with Gasteiger partial charge in [0.05, 0.1) is 4.99 Å². The largest absolute Gasteiger partial charge is 0.392 e. The quantitative estimate of drug-likeness (QED) is 0.857. The smallest absolute Gasteiger partial charge is 0.0870 e. The molecule has 0 amide bonds. The number of thiocarbonyl (C=S) groups is 1. The Kier molecular flexibility index (Phi) is 4.31. The van der Waals surface area contributed by atoms with Crippen LogP contribution in [0.15, 0.2) is 15.9 Å². The van der Waals surface area contributed by atoms with Gasteiger partial charge in [-0.05, 0) is 34.4 Å².